The summed E-state index contributed by atoms with van der Waals surface area (Å²) in [6.45, 7) is 7.10. The monoisotopic (exact) mass is 722 g/mol. The van der Waals surface area contributed by atoms with E-state index in [1.165, 1.54) is 14.0 Å². The SMILES string of the molecule is C/C=C(\C)C(=O)O[C@H]1C[C@@H](OC(C)=O)[C@@]2(C(=O)OC)CO[C@H]3[C@H]4O[C@]5(C)[C@H]6C[C@H](O[C@@H]7OCC[C@@]76O)[C@]5(O)[C@@]4(C)[C@H]4[C@]1(CO[C@]4(O)C(=O)OC)[C@@H]32. The summed E-state index contributed by atoms with van der Waals surface area (Å²) in [7, 11) is 2.26. The molecule has 3 saturated carbocycles. The van der Waals surface area contributed by atoms with Crippen LogP contribution < -0.4 is 0 Å². The number of aliphatic hydroxyl groups is 3. The second-order valence-electron chi connectivity index (χ2n) is 16.1. The molecule has 3 N–H and O–H groups in total. The molecule has 0 aromatic rings. The molecule has 1 spiro atoms. The van der Waals surface area contributed by atoms with Gasteiger partial charge in [0, 0.05) is 53.9 Å². The van der Waals surface area contributed by atoms with Crippen LogP contribution in [0.1, 0.15) is 53.9 Å². The quantitative estimate of drug-likeness (QED) is 0.188. The number of esters is 4. The highest BCUT2D eigenvalue weighted by molar-refractivity contribution is 5.88. The summed E-state index contributed by atoms with van der Waals surface area (Å²) >= 11 is 0. The van der Waals surface area contributed by atoms with Gasteiger partial charge in [0.05, 0.1) is 52.4 Å². The molecule has 5 aliphatic heterocycles. The third-order valence-electron chi connectivity index (χ3n) is 14.5. The standard InChI is InChI=1S/C35H46O16/c1-8-15(2)24(37)49-18-12-19(48-16(3)36)32(26(38)43-6)13-46-21-22(32)31(18)14-47-34(41,27(39)44-7)25(31)29(4)23(21)51-30(5)17-11-20(35(29,30)42)50-28-33(17,40)9-10-45-28/h8,17-23,25,28,40-42H,9-14H2,1-7H3/b15-8+/t17-,18+,19-,20+,21-,22-,23-,25+,28+,29-,30-,31+,32+,33+,34+,35+/m1/s1. The highest BCUT2D eigenvalue weighted by Gasteiger charge is 2.94. The summed E-state index contributed by atoms with van der Waals surface area (Å²) in [4.78, 5) is 54.5. The minimum absolute atomic E-state index is 0.150. The fraction of sp³-hybridized carbons (Fsp3) is 0.829. The molecular weight excluding hydrogens is 676 g/mol. The Balaban J connectivity index is 1.42. The van der Waals surface area contributed by atoms with Gasteiger partial charge in [-0.15, -0.1) is 0 Å². The first-order chi connectivity index (χ1) is 23.9. The average Bonchev–Trinajstić information content (AvgIpc) is 3.85. The van der Waals surface area contributed by atoms with Crippen LogP contribution in [0.25, 0.3) is 0 Å². The Labute approximate surface area is 293 Å². The zero-order valence-electron chi connectivity index (χ0n) is 29.7. The molecular formula is C35H46O16. The topological polar surface area (TPSA) is 212 Å². The highest BCUT2D eigenvalue weighted by atomic mass is 16.7. The molecule has 0 aromatic carbocycles. The number of hydrogen-bond donors (Lipinski definition) is 3. The van der Waals surface area contributed by atoms with E-state index in [1.807, 2.05) is 0 Å². The van der Waals surface area contributed by atoms with Crippen molar-refractivity contribution in [3.8, 4) is 0 Å². The Kier molecular flexibility index (Phi) is 7.42. The van der Waals surface area contributed by atoms with E-state index in [2.05, 4.69) is 0 Å². The first-order valence-corrected chi connectivity index (χ1v) is 17.5. The van der Waals surface area contributed by atoms with Gasteiger partial charge in [-0.25, -0.2) is 9.59 Å². The first-order valence-electron chi connectivity index (χ1n) is 17.5. The number of hydrogen-bond acceptors (Lipinski definition) is 16. The Hall–Kier alpha value is -2.70. The lowest BCUT2D eigenvalue weighted by Crippen LogP contribution is -2.79. The van der Waals surface area contributed by atoms with Gasteiger partial charge in [0.25, 0.3) is 5.79 Å². The zero-order chi connectivity index (χ0) is 36.9. The van der Waals surface area contributed by atoms with Crippen LogP contribution in [0.15, 0.2) is 11.6 Å². The van der Waals surface area contributed by atoms with Crippen molar-refractivity contribution in [1.82, 2.24) is 0 Å². The molecule has 16 nitrogen and oxygen atoms in total. The molecule has 8 rings (SSSR count). The van der Waals surface area contributed by atoms with Gasteiger partial charge < -0.3 is 58.0 Å². The minimum Gasteiger partial charge on any atom is -0.468 e. The van der Waals surface area contributed by atoms with Crippen LogP contribution >= 0.6 is 0 Å². The lowest BCUT2D eigenvalue weighted by molar-refractivity contribution is -0.316. The predicted molar refractivity (Wildman–Crippen MR) is 165 cm³/mol. The predicted octanol–water partition coefficient (Wildman–Crippen LogP) is -0.327. The number of allylic oxidation sites excluding steroid dienone is 1. The summed E-state index contributed by atoms with van der Waals surface area (Å²) in [5.74, 6) is -9.71. The molecule has 8 fully saturated rings. The van der Waals surface area contributed by atoms with Crippen molar-refractivity contribution in [1.29, 1.82) is 0 Å². The van der Waals surface area contributed by atoms with E-state index in [9.17, 15) is 34.5 Å². The molecule has 16 atom stereocenters. The first kappa shape index (κ1) is 35.3. The summed E-state index contributed by atoms with van der Waals surface area (Å²) in [5.41, 5.74) is -10.3. The third kappa shape index (κ3) is 3.68. The average molecular weight is 723 g/mol. The van der Waals surface area contributed by atoms with Crippen molar-refractivity contribution in [3.05, 3.63) is 11.6 Å². The molecule has 2 bridgehead atoms. The second kappa shape index (κ2) is 10.7. The van der Waals surface area contributed by atoms with E-state index in [4.69, 9.17) is 42.6 Å². The lowest BCUT2D eigenvalue weighted by atomic mass is 9.37. The van der Waals surface area contributed by atoms with Gasteiger partial charge in [0.15, 0.2) is 6.29 Å². The van der Waals surface area contributed by atoms with Crippen molar-refractivity contribution >= 4 is 23.9 Å². The van der Waals surface area contributed by atoms with E-state index in [0.717, 1.165) is 7.11 Å². The Morgan fingerprint density at radius 3 is 2.25 bits per heavy atom. The number of carbonyl (C=O) groups excluding carboxylic acids is 4. The second-order valence-corrected chi connectivity index (χ2v) is 16.1. The van der Waals surface area contributed by atoms with E-state index in [1.54, 1.807) is 33.8 Å². The molecule has 16 heteroatoms. The van der Waals surface area contributed by atoms with Crippen molar-refractivity contribution in [2.24, 2.45) is 34.0 Å². The molecule has 0 unspecified atom stereocenters. The van der Waals surface area contributed by atoms with E-state index in [-0.39, 0.29) is 38.0 Å². The molecule has 0 radical (unpaired) electrons. The summed E-state index contributed by atoms with van der Waals surface area (Å²) in [5, 5.41) is 38.3. The number of methoxy groups -OCH3 is 2. The van der Waals surface area contributed by atoms with Gasteiger partial charge in [-0.3, -0.25) is 9.59 Å². The highest BCUT2D eigenvalue weighted by Crippen LogP contribution is 2.81. The largest absolute Gasteiger partial charge is 0.468 e. The maximum atomic E-state index is 14.3. The van der Waals surface area contributed by atoms with E-state index >= 15 is 0 Å². The summed E-state index contributed by atoms with van der Waals surface area (Å²) < 4.78 is 54.7. The Bertz CT molecular complexity index is 1610. The summed E-state index contributed by atoms with van der Waals surface area (Å²) in [6.07, 6.45) is -5.38. The van der Waals surface area contributed by atoms with Crippen LogP contribution in [0, 0.1) is 34.0 Å². The smallest absolute Gasteiger partial charge is 0.366 e. The van der Waals surface area contributed by atoms with Crippen molar-refractivity contribution in [2.45, 2.75) is 113 Å². The van der Waals surface area contributed by atoms with Gasteiger partial charge in [-0.05, 0) is 27.2 Å². The maximum Gasteiger partial charge on any atom is 0.366 e. The van der Waals surface area contributed by atoms with Gasteiger partial charge in [0.2, 0.25) is 0 Å². The number of ether oxygens (including phenoxy) is 9. The number of rotatable bonds is 5. The maximum absolute atomic E-state index is 14.3. The van der Waals surface area contributed by atoms with Gasteiger partial charge >= 0.3 is 23.9 Å². The number of fused-ring (bicyclic) bond motifs is 11. The molecule has 3 aliphatic carbocycles. The molecule has 51 heavy (non-hydrogen) atoms. The molecule has 5 saturated heterocycles. The van der Waals surface area contributed by atoms with Crippen molar-refractivity contribution in [2.75, 3.05) is 34.0 Å². The summed E-state index contributed by atoms with van der Waals surface area (Å²) in [6, 6.07) is 0. The zero-order valence-corrected chi connectivity index (χ0v) is 29.7. The minimum atomic E-state index is -2.81. The number of carbonyl (C=O) groups is 4. The van der Waals surface area contributed by atoms with Crippen LogP contribution in [0.2, 0.25) is 0 Å². The van der Waals surface area contributed by atoms with Crippen LogP contribution in [0.4, 0.5) is 0 Å². The van der Waals surface area contributed by atoms with Crippen molar-refractivity contribution in [3.63, 3.8) is 0 Å². The van der Waals surface area contributed by atoms with Gasteiger partial charge in [0.1, 0.15) is 34.4 Å². The van der Waals surface area contributed by atoms with Crippen LogP contribution in [-0.2, 0) is 61.8 Å². The van der Waals surface area contributed by atoms with Crippen LogP contribution in [-0.4, -0.2) is 133 Å². The fourth-order valence-corrected chi connectivity index (χ4v) is 12.6. The third-order valence-corrected chi connectivity index (χ3v) is 14.5. The van der Waals surface area contributed by atoms with Gasteiger partial charge in [-0.1, -0.05) is 13.0 Å². The fourth-order valence-electron chi connectivity index (χ4n) is 12.6. The van der Waals surface area contributed by atoms with Crippen molar-refractivity contribution < 1.29 is 77.1 Å². The normalized spacial score (nSPS) is 54.4. The molecule has 0 amide bonds. The van der Waals surface area contributed by atoms with E-state index < -0.39 is 124 Å². The molecule has 282 valence electrons. The lowest BCUT2D eigenvalue weighted by Gasteiger charge is -2.65. The molecule has 8 aliphatic rings. The van der Waals surface area contributed by atoms with Crippen LogP contribution in [0.5, 0.6) is 0 Å². The van der Waals surface area contributed by atoms with Gasteiger partial charge in [-0.2, -0.15) is 0 Å². The van der Waals surface area contributed by atoms with E-state index in [0.29, 0.717) is 0 Å². The van der Waals surface area contributed by atoms with Crippen LogP contribution in [0.3, 0.4) is 0 Å². The Morgan fingerprint density at radius 1 is 0.902 bits per heavy atom. The molecule has 5 heterocycles. The Morgan fingerprint density at radius 2 is 1.61 bits per heavy atom. The molecule has 0 aromatic heterocycles.